The highest BCUT2D eigenvalue weighted by Crippen LogP contribution is 2.23. The number of hydrogen-bond donors (Lipinski definition) is 1. The van der Waals surface area contributed by atoms with Crippen LogP contribution in [0.25, 0.3) is 0 Å². The number of epoxide rings is 1. The van der Waals surface area contributed by atoms with E-state index in [1.165, 1.54) is 55.7 Å². The van der Waals surface area contributed by atoms with Gasteiger partial charge >= 0.3 is 0 Å². The summed E-state index contributed by atoms with van der Waals surface area (Å²) >= 11 is 0. The van der Waals surface area contributed by atoms with Gasteiger partial charge in [0.25, 0.3) is 5.69 Å². The second kappa shape index (κ2) is 10.1. The molecule has 2 aromatic rings. The molecule has 27 heavy (non-hydrogen) atoms. The van der Waals surface area contributed by atoms with E-state index in [1.54, 1.807) is 13.0 Å². The summed E-state index contributed by atoms with van der Waals surface area (Å²) in [6.45, 7) is 4.98. The lowest BCUT2D eigenvalue weighted by molar-refractivity contribution is -0.384. The number of rotatable bonds is 7. The fraction of sp³-hybridized carbons (Fsp3) is 0.368. The van der Waals surface area contributed by atoms with Crippen molar-refractivity contribution >= 4 is 22.4 Å². The Morgan fingerprint density at radius 2 is 1.96 bits per heavy atom. The highest BCUT2D eigenvalue weighted by Gasteiger charge is 2.20. The maximum atomic E-state index is 12.8. The molecule has 1 fully saturated rings. The first-order valence-corrected chi connectivity index (χ1v) is 9.86. The Morgan fingerprint density at radius 3 is 2.52 bits per heavy atom. The molecule has 146 valence electrons. The molecule has 0 bridgehead atoms. The SMILES string of the molecule is CCCCC1CO1.Cc1ccc([N+](=O)[O-])cc1NS(=O)c1ccc(F)cc1. The van der Waals surface area contributed by atoms with E-state index in [-0.39, 0.29) is 5.69 Å². The van der Waals surface area contributed by atoms with Gasteiger partial charge in [0.05, 0.1) is 28.2 Å². The number of hydrogen-bond acceptors (Lipinski definition) is 4. The van der Waals surface area contributed by atoms with Crippen LogP contribution in [-0.2, 0) is 15.7 Å². The van der Waals surface area contributed by atoms with E-state index in [2.05, 4.69) is 11.6 Å². The standard InChI is InChI=1S/C13H11FN2O3S.C6H12O/c1-9-2-5-11(16(17)18)8-13(9)15-20(19)12-6-3-10(14)4-7-12;1-2-3-4-6-5-7-6/h2-8,15H,1H3;6H,2-5H2,1H3. The van der Waals surface area contributed by atoms with Gasteiger partial charge in [0.2, 0.25) is 0 Å². The van der Waals surface area contributed by atoms with Crippen LogP contribution in [0.5, 0.6) is 0 Å². The van der Waals surface area contributed by atoms with Crippen LogP contribution in [0.1, 0.15) is 31.7 Å². The molecule has 3 rings (SSSR count). The molecule has 8 heteroatoms. The van der Waals surface area contributed by atoms with Gasteiger partial charge in [0.1, 0.15) is 16.8 Å². The lowest BCUT2D eigenvalue weighted by atomic mass is 10.2. The number of anilines is 1. The van der Waals surface area contributed by atoms with Gasteiger partial charge in [0, 0.05) is 12.1 Å². The van der Waals surface area contributed by atoms with Crippen molar-refractivity contribution in [3.05, 3.63) is 64.0 Å². The summed E-state index contributed by atoms with van der Waals surface area (Å²) in [7, 11) is -1.61. The first-order chi connectivity index (χ1) is 12.9. The van der Waals surface area contributed by atoms with E-state index in [9.17, 15) is 18.7 Å². The van der Waals surface area contributed by atoms with Crippen molar-refractivity contribution in [2.24, 2.45) is 0 Å². The fourth-order valence-corrected chi connectivity index (χ4v) is 3.14. The number of nitrogens with zero attached hydrogens (tertiary/aromatic N) is 1. The molecule has 0 spiro atoms. The zero-order valence-electron chi connectivity index (χ0n) is 15.3. The second-order valence-corrected chi connectivity index (χ2v) is 7.39. The largest absolute Gasteiger partial charge is 0.373 e. The average molecular weight is 394 g/mol. The number of aryl methyl sites for hydroxylation is 1. The van der Waals surface area contributed by atoms with Crippen molar-refractivity contribution in [1.82, 2.24) is 0 Å². The Hall–Kier alpha value is -2.32. The molecule has 0 amide bonds. The van der Waals surface area contributed by atoms with Gasteiger partial charge in [-0.1, -0.05) is 25.8 Å². The third kappa shape index (κ3) is 7.07. The van der Waals surface area contributed by atoms with Crippen LogP contribution >= 0.6 is 0 Å². The topological polar surface area (TPSA) is 84.8 Å². The Balaban J connectivity index is 0.000000313. The minimum Gasteiger partial charge on any atom is -0.373 e. The third-order valence-electron chi connectivity index (χ3n) is 3.94. The highest BCUT2D eigenvalue weighted by atomic mass is 32.2. The zero-order valence-corrected chi connectivity index (χ0v) is 16.1. The summed E-state index contributed by atoms with van der Waals surface area (Å²) < 4.78 is 32.6. The normalized spacial score (nSPS) is 16.0. The Morgan fingerprint density at radius 1 is 1.30 bits per heavy atom. The molecule has 1 aliphatic rings. The number of ether oxygens (including phenoxy) is 1. The summed E-state index contributed by atoms with van der Waals surface area (Å²) in [6.07, 6.45) is 4.58. The van der Waals surface area contributed by atoms with Gasteiger partial charge in [-0.15, -0.1) is 0 Å². The molecule has 2 unspecified atom stereocenters. The molecule has 0 saturated carbocycles. The van der Waals surface area contributed by atoms with E-state index < -0.39 is 21.7 Å². The van der Waals surface area contributed by atoms with Crippen molar-refractivity contribution in [3.8, 4) is 0 Å². The number of nitro groups is 1. The van der Waals surface area contributed by atoms with E-state index in [0.29, 0.717) is 16.7 Å². The molecular weight excluding hydrogens is 371 g/mol. The maximum Gasteiger partial charge on any atom is 0.271 e. The molecule has 6 nitrogen and oxygen atoms in total. The van der Waals surface area contributed by atoms with Gasteiger partial charge in [-0.3, -0.25) is 10.1 Å². The van der Waals surface area contributed by atoms with Crippen LogP contribution in [-0.4, -0.2) is 21.8 Å². The van der Waals surface area contributed by atoms with Gasteiger partial charge in [-0.25, -0.2) is 8.60 Å². The molecule has 2 aromatic carbocycles. The average Bonchev–Trinajstić information content (AvgIpc) is 3.47. The molecule has 1 N–H and O–H groups in total. The highest BCUT2D eigenvalue weighted by molar-refractivity contribution is 7.86. The maximum absolute atomic E-state index is 12.8. The van der Waals surface area contributed by atoms with Crippen molar-refractivity contribution in [1.29, 1.82) is 0 Å². The number of nitro benzene ring substituents is 1. The molecule has 2 atom stereocenters. The molecule has 0 aliphatic carbocycles. The molecular formula is C19H23FN2O4S. The summed E-state index contributed by atoms with van der Waals surface area (Å²) in [5.41, 5.74) is 1.04. The van der Waals surface area contributed by atoms with Crippen LogP contribution < -0.4 is 4.72 Å². The predicted molar refractivity (Wildman–Crippen MR) is 104 cm³/mol. The van der Waals surface area contributed by atoms with E-state index in [1.807, 2.05) is 0 Å². The molecule has 1 saturated heterocycles. The first kappa shape index (κ1) is 21.0. The Labute approximate surface area is 160 Å². The zero-order chi connectivity index (χ0) is 19.8. The Bertz CT molecular complexity index is 795. The summed E-state index contributed by atoms with van der Waals surface area (Å²) in [5.74, 6) is -0.419. The number of halogens is 1. The molecule has 1 heterocycles. The molecule has 0 radical (unpaired) electrons. The quantitative estimate of drug-likeness (QED) is 0.417. The third-order valence-corrected chi connectivity index (χ3v) is 5.05. The van der Waals surface area contributed by atoms with Gasteiger partial charge in [0.15, 0.2) is 0 Å². The predicted octanol–water partition coefficient (Wildman–Crippen LogP) is 4.75. The second-order valence-electron chi connectivity index (χ2n) is 6.18. The van der Waals surface area contributed by atoms with Crippen molar-refractivity contribution in [3.63, 3.8) is 0 Å². The van der Waals surface area contributed by atoms with Crippen LogP contribution in [0, 0.1) is 22.9 Å². The summed E-state index contributed by atoms with van der Waals surface area (Å²) in [6, 6.07) is 9.46. The van der Waals surface area contributed by atoms with E-state index in [0.717, 1.165) is 12.2 Å². The number of nitrogens with one attached hydrogen (secondary N) is 1. The van der Waals surface area contributed by atoms with Crippen molar-refractivity contribution in [2.45, 2.75) is 44.1 Å². The van der Waals surface area contributed by atoms with Crippen molar-refractivity contribution < 1.29 is 18.3 Å². The minimum atomic E-state index is -1.61. The molecule has 1 aliphatic heterocycles. The fourth-order valence-electron chi connectivity index (χ4n) is 2.22. The lowest BCUT2D eigenvalue weighted by Gasteiger charge is -2.08. The van der Waals surface area contributed by atoms with Crippen molar-refractivity contribution in [2.75, 3.05) is 11.3 Å². The number of benzene rings is 2. The van der Waals surface area contributed by atoms with E-state index in [4.69, 9.17) is 4.74 Å². The monoisotopic (exact) mass is 394 g/mol. The number of unbranched alkanes of at least 4 members (excludes halogenated alkanes) is 1. The van der Waals surface area contributed by atoms with Gasteiger partial charge < -0.3 is 9.46 Å². The number of non-ortho nitro benzene ring substituents is 1. The van der Waals surface area contributed by atoms with Crippen LogP contribution in [0.3, 0.4) is 0 Å². The minimum absolute atomic E-state index is 0.0887. The first-order valence-electron chi connectivity index (χ1n) is 8.71. The Kier molecular flexibility index (Phi) is 7.87. The van der Waals surface area contributed by atoms with E-state index >= 15 is 0 Å². The summed E-state index contributed by atoms with van der Waals surface area (Å²) in [5, 5.41) is 10.7. The van der Waals surface area contributed by atoms with Crippen LogP contribution in [0.15, 0.2) is 47.4 Å². The summed E-state index contributed by atoms with van der Waals surface area (Å²) in [4.78, 5) is 10.6. The van der Waals surface area contributed by atoms with Gasteiger partial charge in [-0.05, 0) is 43.2 Å². The lowest BCUT2D eigenvalue weighted by Crippen LogP contribution is -2.06. The van der Waals surface area contributed by atoms with Gasteiger partial charge in [-0.2, -0.15) is 0 Å². The van der Waals surface area contributed by atoms with Crippen LogP contribution in [0.4, 0.5) is 15.8 Å². The van der Waals surface area contributed by atoms with Crippen LogP contribution in [0.2, 0.25) is 0 Å². The molecule has 0 aromatic heterocycles. The smallest absolute Gasteiger partial charge is 0.271 e.